The third-order valence-electron chi connectivity index (χ3n) is 8.50. The summed E-state index contributed by atoms with van der Waals surface area (Å²) in [5.41, 5.74) is -2.29. The van der Waals surface area contributed by atoms with Crippen LogP contribution in [0, 0.1) is 39.9 Å². The van der Waals surface area contributed by atoms with E-state index in [-0.39, 0.29) is 35.6 Å². The zero-order valence-electron chi connectivity index (χ0n) is 15.3. The zero-order valence-corrected chi connectivity index (χ0v) is 15.3. The lowest BCUT2D eigenvalue weighted by atomic mass is 9.44. The Balaban J connectivity index is 1.70. The number of hydrogen-bond donors (Lipinski definition) is 1. The molecule has 2 bridgehead atoms. The van der Waals surface area contributed by atoms with Crippen molar-refractivity contribution in [1.29, 1.82) is 0 Å². The van der Waals surface area contributed by atoms with Crippen LogP contribution in [-0.2, 0) is 23.9 Å². The fourth-order valence-corrected chi connectivity index (χ4v) is 7.55. The summed E-state index contributed by atoms with van der Waals surface area (Å²) < 4.78 is 11.1. The van der Waals surface area contributed by atoms with Gasteiger partial charge in [-0.1, -0.05) is 20.3 Å². The molecule has 5 fully saturated rings. The highest BCUT2D eigenvalue weighted by Gasteiger charge is 2.76. The first-order valence-electron chi connectivity index (χ1n) is 9.82. The lowest BCUT2D eigenvalue weighted by molar-refractivity contribution is -0.225. The molecule has 0 radical (unpaired) electrons. The Labute approximate surface area is 152 Å². The fraction of sp³-hybridized carbons (Fsp3) is 0.850. The minimum Gasteiger partial charge on any atom is -0.465 e. The molecule has 0 aromatic heterocycles. The molecule has 3 aliphatic carbocycles. The largest absolute Gasteiger partial charge is 0.465 e. The number of cyclic esters (lactones) is 2. The quantitative estimate of drug-likeness (QED) is 0.519. The molecule has 2 saturated heterocycles. The van der Waals surface area contributed by atoms with E-state index in [0.29, 0.717) is 25.9 Å². The monoisotopic (exact) mass is 362 g/mol. The number of esters is 2. The van der Waals surface area contributed by atoms with Crippen LogP contribution < -0.4 is 0 Å². The van der Waals surface area contributed by atoms with Gasteiger partial charge in [-0.3, -0.25) is 14.4 Å². The number of Topliss-reactive ketones (excluding diaryl/α,β-unsaturated/α-hetero) is 1. The molecule has 6 nitrogen and oxygen atoms in total. The second kappa shape index (κ2) is 4.89. The Morgan fingerprint density at radius 2 is 1.88 bits per heavy atom. The molecule has 6 heteroatoms. The number of ketones is 1. The van der Waals surface area contributed by atoms with Crippen LogP contribution in [0.3, 0.4) is 0 Å². The van der Waals surface area contributed by atoms with E-state index in [2.05, 4.69) is 6.92 Å². The van der Waals surface area contributed by atoms with Gasteiger partial charge in [-0.15, -0.1) is 0 Å². The number of aliphatic hydroxyl groups is 1. The highest BCUT2D eigenvalue weighted by Crippen LogP contribution is 2.69. The lowest BCUT2D eigenvalue weighted by Crippen LogP contribution is -2.67. The van der Waals surface area contributed by atoms with Crippen molar-refractivity contribution >= 4 is 17.7 Å². The molecule has 2 aliphatic heterocycles. The van der Waals surface area contributed by atoms with Crippen LogP contribution in [0.25, 0.3) is 0 Å². The first-order valence-corrected chi connectivity index (χ1v) is 9.82. The predicted octanol–water partition coefficient (Wildman–Crippen LogP) is 1.49. The molecule has 0 amide bonds. The number of carbonyl (C=O) groups is 3. The van der Waals surface area contributed by atoms with Gasteiger partial charge in [0.25, 0.3) is 0 Å². The molecular formula is C20H26O6. The third kappa shape index (κ3) is 1.66. The molecular weight excluding hydrogens is 336 g/mol. The number of ether oxygens (including phenoxy) is 2. The van der Waals surface area contributed by atoms with E-state index >= 15 is 0 Å². The van der Waals surface area contributed by atoms with Gasteiger partial charge in [0.05, 0.1) is 25.2 Å². The van der Waals surface area contributed by atoms with Gasteiger partial charge in [-0.05, 0) is 31.6 Å². The maximum atomic E-state index is 13.3. The van der Waals surface area contributed by atoms with Crippen molar-refractivity contribution in [2.24, 2.45) is 39.9 Å². The second-order valence-electron chi connectivity index (χ2n) is 9.73. The predicted molar refractivity (Wildman–Crippen MR) is 88.6 cm³/mol. The minimum absolute atomic E-state index is 0.0157. The van der Waals surface area contributed by atoms with Crippen molar-refractivity contribution < 1.29 is 29.0 Å². The van der Waals surface area contributed by atoms with Gasteiger partial charge >= 0.3 is 11.9 Å². The maximum absolute atomic E-state index is 13.3. The summed E-state index contributed by atoms with van der Waals surface area (Å²) in [5, 5.41) is 11.1. The molecule has 2 heterocycles. The molecule has 5 rings (SSSR count). The Bertz CT molecular complexity index is 717. The molecule has 5 aliphatic rings. The van der Waals surface area contributed by atoms with Crippen LogP contribution in [0.2, 0.25) is 0 Å². The van der Waals surface area contributed by atoms with E-state index in [1.54, 1.807) is 0 Å². The fourth-order valence-electron chi connectivity index (χ4n) is 7.55. The summed E-state index contributed by atoms with van der Waals surface area (Å²) >= 11 is 0. The molecule has 2 spiro atoms. The average Bonchev–Trinajstić information content (AvgIpc) is 3.01. The van der Waals surface area contributed by atoms with Crippen molar-refractivity contribution in [3.05, 3.63) is 0 Å². The normalized spacial score (nSPS) is 55.3. The van der Waals surface area contributed by atoms with Crippen LogP contribution in [0.15, 0.2) is 0 Å². The van der Waals surface area contributed by atoms with E-state index in [1.807, 2.05) is 6.92 Å². The maximum Gasteiger partial charge on any atom is 0.320 e. The van der Waals surface area contributed by atoms with Crippen molar-refractivity contribution in [1.82, 2.24) is 0 Å². The molecule has 3 saturated carbocycles. The number of rotatable bonds is 0. The summed E-state index contributed by atoms with van der Waals surface area (Å²) in [4.78, 5) is 38.9. The first kappa shape index (κ1) is 16.7. The van der Waals surface area contributed by atoms with Gasteiger partial charge in [-0.25, -0.2) is 0 Å². The van der Waals surface area contributed by atoms with Crippen LogP contribution >= 0.6 is 0 Å². The highest BCUT2D eigenvalue weighted by molar-refractivity contribution is 6.08. The highest BCUT2D eigenvalue weighted by atomic mass is 16.5. The topological polar surface area (TPSA) is 89.9 Å². The van der Waals surface area contributed by atoms with Crippen molar-refractivity contribution in [3.8, 4) is 0 Å². The minimum atomic E-state index is -1.28. The molecule has 8 atom stereocenters. The summed E-state index contributed by atoms with van der Waals surface area (Å²) in [5.74, 6) is -2.02. The zero-order chi connectivity index (χ0) is 18.5. The molecule has 8 unspecified atom stereocenters. The van der Waals surface area contributed by atoms with Crippen molar-refractivity contribution in [3.63, 3.8) is 0 Å². The van der Waals surface area contributed by atoms with Crippen LogP contribution in [0.4, 0.5) is 0 Å². The summed E-state index contributed by atoms with van der Waals surface area (Å²) in [6.45, 7) is 4.40. The third-order valence-corrected chi connectivity index (χ3v) is 8.50. The van der Waals surface area contributed by atoms with E-state index < -0.39 is 34.7 Å². The number of fused-ring (bicyclic) bond motifs is 4. The van der Waals surface area contributed by atoms with Crippen molar-refractivity contribution in [2.45, 2.75) is 52.1 Å². The Morgan fingerprint density at radius 1 is 1.12 bits per heavy atom. The molecule has 1 N–H and O–H groups in total. The average molecular weight is 362 g/mol. The van der Waals surface area contributed by atoms with Crippen LogP contribution in [0.1, 0.15) is 46.0 Å². The summed E-state index contributed by atoms with van der Waals surface area (Å²) in [6, 6.07) is 0. The number of aliphatic hydroxyl groups excluding tert-OH is 1. The van der Waals surface area contributed by atoms with Gasteiger partial charge in [0.15, 0.2) is 5.78 Å². The van der Waals surface area contributed by atoms with Gasteiger partial charge in [0, 0.05) is 22.7 Å². The number of carbonyl (C=O) groups excluding carboxylic acids is 3. The Morgan fingerprint density at radius 3 is 2.65 bits per heavy atom. The molecule has 142 valence electrons. The van der Waals surface area contributed by atoms with Gasteiger partial charge in [0.2, 0.25) is 0 Å². The molecule has 0 aromatic carbocycles. The van der Waals surface area contributed by atoms with Gasteiger partial charge in [-0.2, -0.15) is 0 Å². The van der Waals surface area contributed by atoms with Crippen molar-refractivity contribution in [2.75, 3.05) is 13.2 Å². The molecule has 26 heavy (non-hydrogen) atoms. The van der Waals surface area contributed by atoms with Crippen LogP contribution in [0.5, 0.6) is 0 Å². The second-order valence-corrected chi connectivity index (χ2v) is 9.73. The number of hydrogen-bond acceptors (Lipinski definition) is 6. The Hall–Kier alpha value is -1.43. The van der Waals surface area contributed by atoms with E-state index in [9.17, 15) is 19.5 Å². The van der Waals surface area contributed by atoms with E-state index in [0.717, 1.165) is 12.8 Å². The summed E-state index contributed by atoms with van der Waals surface area (Å²) in [6.07, 6.45) is 2.66. The van der Waals surface area contributed by atoms with Crippen LogP contribution in [-0.4, -0.2) is 42.1 Å². The van der Waals surface area contributed by atoms with Gasteiger partial charge in [0.1, 0.15) is 5.41 Å². The smallest absolute Gasteiger partial charge is 0.320 e. The van der Waals surface area contributed by atoms with E-state index in [1.165, 1.54) is 0 Å². The van der Waals surface area contributed by atoms with E-state index in [4.69, 9.17) is 9.47 Å². The first-order chi connectivity index (χ1) is 12.3. The lowest BCUT2D eigenvalue weighted by Gasteiger charge is -2.59. The standard InChI is InChI=1S/C20H26O6/c1-10-11-6-12(21)13-19(9-26-17(24)20(13,7-11)15(10)22)5-3-4-18(2)8-25-16(23)14(18)19/h10-14,21H,3-9H2,1-2H3. The summed E-state index contributed by atoms with van der Waals surface area (Å²) in [7, 11) is 0. The SMILES string of the molecule is CC1C(=O)C23CC1CC(O)C2C1(CCCC2(C)COC(=O)C21)COC3=O. The Kier molecular flexibility index (Phi) is 3.14. The molecule has 0 aromatic rings. The van der Waals surface area contributed by atoms with Gasteiger partial charge < -0.3 is 14.6 Å².